The van der Waals surface area contributed by atoms with Crippen molar-refractivity contribution in [2.45, 2.75) is 13.8 Å². The molecule has 4 aromatic rings. The van der Waals surface area contributed by atoms with Crippen molar-refractivity contribution < 1.29 is 9.90 Å². The number of nitrogens with zero attached hydrogens (tertiary/aromatic N) is 5. The first-order valence-electron chi connectivity index (χ1n) is 12.0. The molecule has 0 N–H and O–H groups in total. The summed E-state index contributed by atoms with van der Waals surface area (Å²) in [4.78, 5) is 43.2. The molecule has 1 aliphatic rings. The fourth-order valence-electron chi connectivity index (χ4n) is 4.61. The van der Waals surface area contributed by atoms with E-state index in [2.05, 4.69) is 9.95 Å². The molecule has 1 aliphatic heterocycles. The average molecular weight is 517 g/mol. The Labute approximate surface area is 223 Å². The van der Waals surface area contributed by atoms with Gasteiger partial charge in [-0.1, -0.05) is 48.6 Å². The maximum atomic E-state index is 13.3. The van der Waals surface area contributed by atoms with Crippen LogP contribution in [0.3, 0.4) is 0 Å². The van der Waals surface area contributed by atoms with Crippen LogP contribution in [0.1, 0.15) is 27.0 Å². The van der Waals surface area contributed by atoms with Gasteiger partial charge in [0.15, 0.2) is 11.2 Å². The van der Waals surface area contributed by atoms with Gasteiger partial charge in [0.05, 0.1) is 17.8 Å². The molecule has 1 amide bonds. The van der Waals surface area contributed by atoms with Crippen LogP contribution >= 0.6 is 0 Å². The number of anilines is 1. The highest BCUT2D eigenvalue weighted by Gasteiger charge is 2.29. The second-order valence-corrected chi connectivity index (χ2v) is 8.96. The molecule has 39 heavy (non-hydrogen) atoms. The van der Waals surface area contributed by atoms with Gasteiger partial charge >= 0.3 is 0 Å². The first-order chi connectivity index (χ1) is 18.8. The van der Waals surface area contributed by atoms with E-state index in [0.29, 0.717) is 22.5 Å². The molecule has 0 aliphatic carbocycles. The number of pyridine rings is 2. The first-order valence-corrected chi connectivity index (χ1v) is 12.0. The zero-order chi connectivity index (χ0) is 27.8. The molecule has 9 heteroatoms. The molecule has 3 heterocycles. The summed E-state index contributed by atoms with van der Waals surface area (Å²) < 4.78 is 2.29. The number of para-hydroxylation sites is 2. The van der Waals surface area contributed by atoms with Crippen LogP contribution in [0.5, 0.6) is 5.88 Å². The third-order valence-electron chi connectivity index (χ3n) is 6.71. The van der Waals surface area contributed by atoms with Crippen LogP contribution in [0, 0.1) is 20.4 Å². The Bertz CT molecular complexity index is 1970. The minimum atomic E-state index is -0.687. The van der Waals surface area contributed by atoms with E-state index >= 15 is 0 Å². The molecular formula is C30H22N5O4-. The molecule has 0 saturated heterocycles. The number of carbonyl (C=O) groups is 1. The van der Waals surface area contributed by atoms with Gasteiger partial charge in [-0.3, -0.25) is 19.0 Å². The lowest BCUT2D eigenvalue weighted by Gasteiger charge is -2.21. The largest absolute Gasteiger partial charge is 0.868 e. The third kappa shape index (κ3) is 4.04. The van der Waals surface area contributed by atoms with E-state index in [1.165, 1.54) is 27.8 Å². The number of fused-ring (bicyclic) bond motifs is 1. The van der Waals surface area contributed by atoms with E-state index in [1.54, 1.807) is 75.5 Å². The molecule has 0 saturated carbocycles. The Morgan fingerprint density at radius 1 is 0.897 bits per heavy atom. The van der Waals surface area contributed by atoms with Crippen molar-refractivity contribution in [3.63, 3.8) is 0 Å². The molecule has 0 unspecified atom stereocenters. The topological polar surface area (TPSA) is 104 Å². The zero-order valence-corrected chi connectivity index (χ0v) is 21.4. The van der Waals surface area contributed by atoms with E-state index in [0.717, 1.165) is 4.57 Å². The summed E-state index contributed by atoms with van der Waals surface area (Å²) in [5, 5.41) is 18.8. The molecule has 5 rings (SSSR count). The van der Waals surface area contributed by atoms with E-state index in [9.17, 15) is 19.5 Å². The lowest BCUT2D eigenvalue weighted by Crippen LogP contribution is -2.44. The standard InChI is InChI=1S/C30H23N5O4/c1-18-22(27(36)33(4)26-24(18)29(38)35(32-26)21-14-9-6-10-15-21)16-11-17-23-19(2)25(31-3)30(39)34(28(23)37)20-12-7-5-8-13-20/h5-17,39H,1-2,4H3/p-1/b17-11?,22-16+. The molecule has 0 bridgehead atoms. The van der Waals surface area contributed by atoms with Gasteiger partial charge in [0.25, 0.3) is 17.0 Å². The van der Waals surface area contributed by atoms with Crippen molar-refractivity contribution in [3.05, 3.63) is 132 Å². The first kappa shape index (κ1) is 25.2. The minimum Gasteiger partial charge on any atom is -0.868 e. The second-order valence-electron chi connectivity index (χ2n) is 8.96. The van der Waals surface area contributed by atoms with E-state index in [-0.39, 0.29) is 39.0 Å². The van der Waals surface area contributed by atoms with Crippen LogP contribution in [-0.4, -0.2) is 15.0 Å². The van der Waals surface area contributed by atoms with Crippen LogP contribution in [0.25, 0.3) is 22.7 Å². The van der Waals surface area contributed by atoms with Gasteiger partial charge in [0.1, 0.15) is 0 Å². The number of carbonyl (C=O) groups excluding carboxylic acids is 1. The van der Waals surface area contributed by atoms with Crippen molar-refractivity contribution in [2.24, 2.45) is 12.1 Å². The monoisotopic (exact) mass is 516 g/mol. The number of rotatable bonds is 4. The van der Waals surface area contributed by atoms with E-state index in [1.807, 2.05) is 6.07 Å². The quantitative estimate of drug-likeness (QED) is 0.389. The molecule has 9 nitrogen and oxygen atoms in total. The molecule has 2 aromatic heterocycles. The summed E-state index contributed by atoms with van der Waals surface area (Å²) in [6.45, 7) is 10.7. The summed E-state index contributed by atoms with van der Waals surface area (Å²) in [6.07, 6.45) is 4.50. The SMILES string of the molecule is [C-]#[N+]c1c(C)c(C=C/C=c2\c(C)c3c(n(C)c2=O)=NN(c2ccccc2)C3=O)c(=O)n(-c2ccccc2)c1[O-]. The summed E-state index contributed by atoms with van der Waals surface area (Å²) in [5.74, 6) is -1.04. The lowest BCUT2D eigenvalue weighted by molar-refractivity contribution is -0.276. The summed E-state index contributed by atoms with van der Waals surface area (Å²) in [7, 11) is 1.55. The zero-order valence-electron chi connectivity index (χ0n) is 21.4. The fourth-order valence-corrected chi connectivity index (χ4v) is 4.61. The Hall–Kier alpha value is -5.49. The van der Waals surface area contributed by atoms with Gasteiger partial charge < -0.3 is 9.67 Å². The highest BCUT2D eigenvalue weighted by Crippen LogP contribution is 2.31. The summed E-state index contributed by atoms with van der Waals surface area (Å²) in [5.41, 5.74) is 1.28. The maximum Gasteiger partial charge on any atom is 0.282 e. The molecule has 0 atom stereocenters. The molecule has 2 aromatic carbocycles. The highest BCUT2D eigenvalue weighted by molar-refractivity contribution is 6.08. The van der Waals surface area contributed by atoms with Gasteiger partial charge in [-0.05, 0) is 61.2 Å². The molecule has 0 spiro atoms. The van der Waals surface area contributed by atoms with Crippen LogP contribution in [0.15, 0.2) is 81.4 Å². The third-order valence-corrected chi connectivity index (χ3v) is 6.71. The Morgan fingerprint density at radius 2 is 1.51 bits per heavy atom. The predicted octanol–water partition coefficient (Wildman–Crippen LogP) is 2.47. The number of hydrogen-bond acceptors (Lipinski definition) is 5. The number of benzene rings is 2. The predicted molar refractivity (Wildman–Crippen MR) is 146 cm³/mol. The molecular weight excluding hydrogens is 494 g/mol. The van der Waals surface area contributed by atoms with E-state index in [4.69, 9.17) is 6.57 Å². The van der Waals surface area contributed by atoms with Gasteiger partial charge in [-0.2, -0.15) is 5.01 Å². The van der Waals surface area contributed by atoms with Crippen molar-refractivity contribution in [3.8, 4) is 11.6 Å². The highest BCUT2D eigenvalue weighted by atomic mass is 16.3. The van der Waals surface area contributed by atoms with Gasteiger partial charge in [0.2, 0.25) is 0 Å². The van der Waals surface area contributed by atoms with Crippen LogP contribution in [-0.2, 0) is 7.05 Å². The van der Waals surface area contributed by atoms with Gasteiger partial charge in [0, 0.05) is 23.5 Å². The number of amides is 1. The summed E-state index contributed by atoms with van der Waals surface area (Å²) in [6, 6.07) is 17.3. The van der Waals surface area contributed by atoms with Crippen molar-refractivity contribution in [2.75, 3.05) is 5.01 Å². The lowest BCUT2D eigenvalue weighted by atomic mass is 10.1. The van der Waals surface area contributed by atoms with Crippen LogP contribution < -0.4 is 31.9 Å². The fraction of sp³-hybridized carbons (Fsp3) is 0.100. The number of hydrogen-bond donors (Lipinski definition) is 0. The summed E-state index contributed by atoms with van der Waals surface area (Å²) >= 11 is 0. The van der Waals surface area contributed by atoms with Crippen molar-refractivity contribution >= 4 is 29.4 Å². The minimum absolute atomic E-state index is 0.151. The van der Waals surface area contributed by atoms with Crippen LogP contribution in [0.4, 0.5) is 11.4 Å². The maximum absolute atomic E-state index is 13.3. The Balaban J connectivity index is 1.65. The van der Waals surface area contributed by atoms with Gasteiger partial charge in [-0.25, -0.2) is 4.85 Å². The van der Waals surface area contributed by atoms with Gasteiger partial charge in [-0.15, -0.1) is 5.10 Å². The van der Waals surface area contributed by atoms with E-state index < -0.39 is 11.4 Å². The Morgan fingerprint density at radius 3 is 2.13 bits per heavy atom. The molecule has 0 radical (unpaired) electrons. The Kier molecular flexibility index (Phi) is 6.30. The number of allylic oxidation sites excluding steroid dienone is 1. The second kappa shape index (κ2) is 9.76. The van der Waals surface area contributed by atoms with Crippen LogP contribution in [0.2, 0.25) is 0 Å². The van der Waals surface area contributed by atoms with Crippen molar-refractivity contribution in [1.29, 1.82) is 0 Å². The van der Waals surface area contributed by atoms with Crippen molar-refractivity contribution in [1.82, 2.24) is 9.13 Å². The molecule has 0 fully saturated rings. The normalized spacial score (nSPS) is 13.0. The number of aromatic nitrogens is 2. The average Bonchev–Trinajstić information content (AvgIpc) is 3.29. The smallest absolute Gasteiger partial charge is 0.282 e. The molecule has 192 valence electrons.